The van der Waals surface area contributed by atoms with Gasteiger partial charge in [0.15, 0.2) is 0 Å². The molecule has 3 aromatic rings. The second-order valence-corrected chi connectivity index (χ2v) is 5.87. The second kappa shape index (κ2) is 7.67. The van der Waals surface area contributed by atoms with Gasteiger partial charge in [-0.15, -0.1) is 5.10 Å². The van der Waals surface area contributed by atoms with Crippen LogP contribution in [0.1, 0.15) is 0 Å². The van der Waals surface area contributed by atoms with Crippen LogP contribution in [0.4, 0.5) is 5.69 Å². The van der Waals surface area contributed by atoms with Crippen LogP contribution in [0.15, 0.2) is 53.7 Å². The molecule has 0 saturated carbocycles. The minimum Gasteiger partial charge on any atom is -0.506 e. The van der Waals surface area contributed by atoms with Gasteiger partial charge < -0.3 is 15.2 Å². The first-order chi connectivity index (χ1) is 12.2. The number of hydrogen-bond acceptors (Lipinski definition) is 7. The van der Waals surface area contributed by atoms with Crippen molar-refractivity contribution in [2.75, 3.05) is 18.2 Å². The summed E-state index contributed by atoms with van der Waals surface area (Å²) in [6.45, 7) is 0. The zero-order valence-electron chi connectivity index (χ0n) is 13.3. The van der Waals surface area contributed by atoms with Crippen LogP contribution < -0.4 is 10.1 Å². The number of phenolic OH excluding ortho intramolecular Hbond substituents is 1. The van der Waals surface area contributed by atoms with Crippen molar-refractivity contribution in [3.05, 3.63) is 48.5 Å². The molecule has 0 saturated heterocycles. The molecule has 1 amide bonds. The van der Waals surface area contributed by atoms with Gasteiger partial charge in [-0.05, 0) is 46.8 Å². The first-order valence-corrected chi connectivity index (χ1v) is 8.29. The smallest absolute Gasteiger partial charge is 0.234 e. The molecule has 0 atom stereocenters. The molecule has 0 aliphatic rings. The van der Waals surface area contributed by atoms with Crippen LogP contribution in [-0.4, -0.2) is 44.1 Å². The number of phenols is 1. The SMILES string of the molecule is COc1ccc(-n2nnnc2SCC(=O)Nc2ccccc2O)cc1. The highest BCUT2D eigenvalue weighted by atomic mass is 32.2. The standard InChI is InChI=1S/C16H15N5O3S/c1-24-12-8-6-11(7-9-12)21-16(18-19-20-21)25-10-15(23)17-13-4-2-3-5-14(13)22/h2-9,22H,10H2,1H3,(H,17,23). The van der Waals surface area contributed by atoms with Gasteiger partial charge in [0, 0.05) is 0 Å². The maximum absolute atomic E-state index is 12.1. The number of amides is 1. The van der Waals surface area contributed by atoms with Crippen molar-refractivity contribution in [3.63, 3.8) is 0 Å². The molecule has 0 unspecified atom stereocenters. The number of methoxy groups -OCH3 is 1. The van der Waals surface area contributed by atoms with Crippen LogP contribution in [0.3, 0.4) is 0 Å². The summed E-state index contributed by atoms with van der Waals surface area (Å²) in [7, 11) is 1.59. The van der Waals surface area contributed by atoms with Crippen molar-refractivity contribution >= 4 is 23.4 Å². The van der Waals surface area contributed by atoms with Crippen LogP contribution in [0.2, 0.25) is 0 Å². The molecule has 9 heteroatoms. The Balaban J connectivity index is 1.65. The second-order valence-electron chi connectivity index (χ2n) is 4.93. The lowest BCUT2D eigenvalue weighted by Gasteiger charge is -2.07. The lowest BCUT2D eigenvalue weighted by Crippen LogP contribution is -2.14. The molecule has 2 N–H and O–H groups in total. The number of hydrogen-bond donors (Lipinski definition) is 2. The average Bonchev–Trinajstić information content (AvgIpc) is 3.10. The fourth-order valence-electron chi connectivity index (χ4n) is 2.05. The number of rotatable bonds is 6. The highest BCUT2D eigenvalue weighted by Gasteiger charge is 2.12. The molecule has 2 aromatic carbocycles. The molecule has 3 rings (SSSR count). The summed E-state index contributed by atoms with van der Waals surface area (Å²) in [5, 5.41) is 24.3. The number of carbonyl (C=O) groups is 1. The molecule has 0 bridgehead atoms. The van der Waals surface area contributed by atoms with E-state index in [2.05, 4.69) is 20.8 Å². The summed E-state index contributed by atoms with van der Waals surface area (Å²) < 4.78 is 6.66. The third-order valence-corrected chi connectivity index (χ3v) is 4.19. The first kappa shape index (κ1) is 16.8. The van der Waals surface area contributed by atoms with Crippen LogP contribution >= 0.6 is 11.8 Å². The van der Waals surface area contributed by atoms with Gasteiger partial charge in [0.2, 0.25) is 11.1 Å². The monoisotopic (exact) mass is 357 g/mol. The number of benzene rings is 2. The number of para-hydroxylation sites is 2. The van der Waals surface area contributed by atoms with Crippen molar-refractivity contribution in [1.29, 1.82) is 0 Å². The Labute approximate surface area is 147 Å². The van der Waals surface area contributed by atoms with E-state index in [1.54, 1.807) is 37.4 Å². The molecule has 1 heterocycles. The highest BCUT2D eigenvalue weighted by Crippen LogP contribution is 2.23. The first-order valence-electron chi connectivity index (χ1n) is 7.31. The highest BCUT2D eigenvalue weighted by molar-refractivity contribution is 7.99. The molecule has 0 aliphatic heterocycles. The Bertz CT molecular complexity index is 866. The van der Waals surface area contributed by atoms with E-state index in [4.69, 9.17) is 4.74 Å². The van der Waals surface area contributed by atoms with E-state index < -0.39 is 0 Å². The van der Waals surface area contributed by atoms with E-state index in [1.807, 2.05) is 12.1 Å². The minimum absolute atomic E-state index is 0.0175. The molecule has 1 aromatic heterocycles. The average molecular weight is 357 g/mol. The van der Waals surface area contributed by atoms with Gasteiger partial charge in [0.05, 0.1) is 24.2 Å². The molecule has 8 nitrogen and oxygen atoms in total. The van der Waals surface area contributed by atoms with Gasteiger partial charge in [-0.25, -0.2) is 0 Å². The van der Waals surface area contributed by atoms with Gasteiger partial charge in [-0.3, -0.25) is 4.79 Å². The Morgan fingerprint density at radius 2 is 2.00 bits per heavy atom. The normalized spacial score (nSPS) is 10.4. The van der Waals surface area contributed by atoms with Crippen LogP contribution in [0.25, 0.3) is 5.69 Å². The predicted molar refractivity (Wildman–Crippen MR) is 93.2 cm³/mol. The summed E-state index contributed by atoms with van der Waals surface area (Å²) in [6.07, 6.45) is 0. The molecule has 0 radical (unpaired) electrons. The fraction of sp³-hybridized carbons (Fsp3) is 0.125. The number of aromatic hydroxyl groups is 1. The fourth-order valence-corrected chi connectivity index (χ4v) is 2.74. The number of ether oxygens (including phenoxy) is 1. The molecule has 0 spiro atoms. The van der Waals surface area contributed by atoms with Crippen molar-refractivity contribution in [1.82, 2.24) is 20.2 Å². The van der Waals surface area contributed by atoms with Gasteiger partial charge in [0.25, 0.3) is 0 Å². The van der Waals surface area contributed by atoms with E-state index in [0.717, 1.165) is 11.4 Å². The summed E-state index contributed by atoms with van der Waals surface area (Å²) in [5.41, 5.74) is 1.12. The molecule has 0 fully saturated rings. The van der Waals surface area contributed by atoms with Crippen molar-refractivity contribution < 1.29 is 14.6 Å². The third-order valence-electron chi connectivity index (χ3n) is 3.27. The van der Waals surface area contributed by atoms with Crippen LogP contribution in [0.5, 0.6) is 11.5 Å². The zero-order chi connectivity index (χ0) is 17.6. The molecular formula is C16H15N5O3S. The van der Waals surface area contributed by atoms with Gasteiger partial charge in [0.1, 0.15) is 11.5 Å². The predicted octanol–water partition coefficient (Wildman–Crippen LogP) is 2.11. The summed E-state index contributed by atoms with van der Waals surface area (Å²) in [4.78, 5) is 12.1. The van der Waals surface area contributed by atoms with Crippen molar-refractivity contribution in [3.8, 4) is 17.2 Å². The molecule has 25 heavy (non-hydrogen) atoms. The summed E-state index contributed by atoms with van der Waals surface area (Å²) in [6, 6.07) is 13.8. The lowest BCUT2D eigenvalue weighted by molar-refractivity contribution is -0.113. The Morgan fingerprint density at radius 3 is 2.72 bits per heavy atom. The number of nitrogens with one attached hydrogen (secondary N) is 1. The van der Waals surface area contributed by atoms with E-state index in [0.29, 0.717) is 10.8 Å². The van der Waals surface area contributed by atoms with E-state index in [9.17, 15) is 9.90 Å². The minimum atomic E-state index is -0.268. The zero-order valence-corrected chi connectivity index (χ0v) is 14.1. The number of nitrogens with zero attached hydrogens (tertiary/aromatic N) is 4. The Morgan fingerprint density at radius 1 is 1.24 bits per heavy atom. The van der Waals surface area contributed by atoms with Gasteiger partial charge >= 0.3 is 0 Å². The Kier molecular flexibility index (Phi) is 5.14. The maximum Gasteiger partial charge on any atom is 0.234 e. The third kappa shape index (κ3) is 4.07. The largest absolute Gasteiger partial charge is 0.506 e. The van der Waals surface area contributed by atoms with Crippen LogP contribution in [0, 0.1) is 0 Å². The molecular weight excluding hydrogens is 342 g/mol. The number of anilines is 1. The number of thioether (sulfide) groups is 1. The number of tetrazole rings is 1. The van der Waals surface area contributed by atoms with E-state index in [1.165, 1.54) is 22.5 Å². The van der Waals surface area contributed by atoms with E-state index in [-0.39, 0.29) is 17.4 Å². The van der Waals surface area contributed by atoms with Crippen molar-refractivity contribution in [2.45, 2.75) is 5.16 Å². The van der Waals surface area contributed by atoms with Crippen LogP contribution in [-0.2, 0) is 4.79 Å². The quantitative estimate of drug-likeness (QED) is 0.514. The summed E-state index contributed by atoms with van der Waals surface area (Å²) in [5.74, 6) is 0.581. The maximum atomic E-state index is 12.1. The topological polar surface area (TPSA) is 102 Å². The van der Waals surface area contributed by atoms with E-state index >= 15 is 0 Å². The Hall–Kier alpha value is -3.07. The lowest BCUT2D eigenvalue weighted by atomic mass is 10.3. The number of aromatic nitrogens is 4. The molecule has 0 aliphatic carbocycles. The molecule has 128 valence electrons. The van der Waals surface area contributed by atoms with Crippen molar-refractivity contribution in [2.24, 2.45) is 0 Å². The van der Waals surface area contributed by atoms with Gasteiger partial charge in [-0.2, -0.15) is 4.68 Å². The van der Waals surface area contributed by atoms with Gasteiger partial charge in [-0.1, -0.05) is 23.9 Å². The summed E-state index contributed by atoms with van der Waals surface area (Å²) >= 11 is 1.19. The number of carbonyl (C=O) groups excluding carboxylic acids is 1.